The molecule has 0 atom stereocenters. The van der Waals surface area contributed by atoms with Gasteiger partial charge in [0.2, 0.25) is 0 Å². The van der Waals surface area contributed by atoms with Gasteiger partial charge in [-0.3, -0.25) is 0 Å². The molecule has 0 unspecified atom stereocenters. The zero-order chi connectivity index (χ0) is 14.9. The van der Waals surface area contributed by atoms with Crippen LogP contribution < -0.4 is 9.47 Å². The fourth-order valence-corrected chi connectivity index (χ4v) is 2.45. The van der Waals surface area contributed by atoms with E-state index in [1.54, 1.807) is 0 Å². The van der Waals surface area contributed by atoms with Crippen LogP contribution in [0.15, 0.2) is 24.3 Å². The summed E-state index contributed by atoms with van der Waals surface area (Å²) in [6.07, 6.45) is 0. The first-order valence-corrected chi connectivity index (χ1v) is 6.38. The molecule has 0 heterocycles. The summed E-state index contributed by atoms with van der Waals surface area (Å²) in [5, 5.41) is 20.8. The smallest absolute Gasteiger partial charge is 0.149 e. The van der Waals surface area contributed by atoms with Gasteiger partial charge in [0.15, 0.2) is 0 Å². The maximum absolute atomic E-state index is 10.1. The number of benzene rings is 2. The molecule has 0 amide bonds. The number of hydrogen-bond donors (Lipinski definition) is 2. The van der Waals surface area contributed by atoms with Crippen LogP contribution in [0.3, 0.4) is 0 Å². The van der Waals surface area contributed by atoms with Gasteiger partial charge in [-0.05, 0) is 24.3 Å². The van der Waals surface area contributed by atoms with Crippen LogP contribution in [0.1, 0.15) is 0 Å². The minimum atomic E-state index is -0.109. The summed E-state index contributed by atoms with van der Waals surface area (Å²) in [7, 11) is 2.83. The van der Waals surface area contributed by atoms with E-state index in [1.165, 1.54) is 38.5 Å². The molecule has 0 saturated carbocycles. The molecule has 2 N–H and O–H groups in total. The minimum Gasteiger partial charge on any atom is -0.507 e. The van der Waals surface area contributed by atoms with E-state index < -0.39 is 0 Å². The van der Waals surface area contributed by atoms with E-state index in [0.29, 0.717) is 10.0 Å². The molecule has 0 bridgehead atoms. The van der Waals surface area contributed by atoms with E-state index in [0.717, 1.165) is 0 Å². The zero-order valence-electron chi connectivity index (χ0n) is 10.8. The van der Waals surface area contributed by atoms with Crippen LogP contribution in [0.4, 0.5) is 0 Å². The van der Waals surface area contributed by atoms with Gasteiger partial charge in [-0.1, -0.05) is 23.2 Å². The third kappa shape index (κ3) is 2.32. The van der Waals surface area contributed by atoms with Crippen molar-refractivity contribution in [2.75, 3.05) is 14.2 Å². The van der Waals surface area contributed by atoms with E-state index in [4.69, 9.17) is 32.7 Å². The van der Waals surface area contributed by atoms with Gasteiger partial charge < -0.3 is 19.7 Å². The monoisotopic (exact) mass is 314 g/mol. The predicted molar refractivity (Wildman–Crippen MR) is 78.3 cm³/mol. The molecular weight excluding hydrogens is 303 g/mol. The van der Waals surface area contributed by atoms with Crippen molar-refractivity contribution in [3.05, 3.63) is 34.3 Å². The highest BCUT2D eigenvalue weighted by Crippen LogP contribution is 2.51. The molecule has 0 saturated heterocycles. The summed E-state index contributed by atoms with van der Waals surface area (Å²) < 4.78 is 10.4. The molecular formula is C14H12Cl2O4. The van der Waals surface area contributed by atoms with Crippen molar-refractivity contribution in [3.8, 4) is 34.1 Å². The Labute approximate surface area is 126 Å². The second-order valence-electron chi connectivity index (χ2n) is 3.95. The Morgan fingerprint density at radius 1 is 0.750 bits per heavy atom. The Hall–Kier alpha value is -1.78. The fourth-order valence-electron chi connectivity index (χ4n) is 1.98. The highest BCUT2D eigenvalue weighted by Gasteiger charge is 2.23. The Balaban J connectivity index is 2.88. The molecule has 0 aliphatic rings. The van der Waals surface area contributed by atoms with Gasteiger partial charge in [-0.15, -0.1) is 0 Å². The van der Waals surface area contributed by atoms with Crippen molar-refractivity contribution < 1.29 is 19.7 Å². The Morgan fingerprint density at radius 3 is 1.40 bits per heavy atom. The third-order valence-electron chi connectivity index (χ3n) is 2.83. The summed E-state index contributed by atoms with van der Waals surface area (Å²) in [4.78, 5) is 0. The first-order valence-electron chi connectivity index (χ1n) is 5.62. The number of methoxy groups -OCH3 is 2. The lowest BCUT2D eigenvalue weighted by atomic mass is 10.0. The first-order chi connectivity index (χ1) is 9.51. The quantitative estimate of drug-likeness (QED) is 0.896. The van der Waals surface area contributed by atoms with E-state index in [9.17, 15) is 10.2 Å². The third-order valence-corrected chi connectivity index (χ3v) is 3.43. The zero-order valence-corrected chi connectivity index (χ0v) is 12.3. The molecule has 2 aromatic carbocycles. The lowest BCUT2D eigenvalue weighted by molar-refractivity contribution is 0.400. The first kappa shape index (κ1) is 14.6. The molecule has 0 fully saturated rings. The number of ether oxygens (including phenoxy) is 2. The average Bonchev–Trinajstić information content (AvgIpc) is 2.43. The number of phenolic OH excluding ortho intramolecular Hbond substituents is 2. The minimum absolute atomic E-state index is 0.109. The van der Waals surface area contributed by atoms with E-state index in [-0.39, 0.29) is 34.1 Å². The summed E-state index contributed by atoms with van der Waals surface area (Å²) in [5.41, 5.74) is 0.439. The van der Waals surface area contributed by atoms with Crippen molar-refractivity contribution in [2.45, 2.75) is 0 Å². The van der Waals surface area contributed by atoms with Gasteiger partial charge in [-0.25, -0.2) is 0 Å². The normalized spacial score (nSPS) is 10.4. The van der Waals surface area contributed by atoms with Crippen molar-refractivity contribution in [1.29, 1.82) is 0 Å². The van der Waals surface area contributed by atoms with Crippen molar-refractivity contribution in [3.63, 3.8) is 0 Å². The molecule has 0 aliphatic heterocycles. The van der Waals surface area contributed by atoms with Crippen LogP contribution in [0.25, 0.3) is 11.1 Å². The van der Waals surface area contributed by atoms with Crippen molar-refractivity contribution in [1.82, 2.24) is 0 Å². The molecule has 0 aromatic heterocycles. The van der Waals surface area contributed by atoms with Crippen LogP contribution in [0.2, 0.25) is 10.0 Å². The lowest BCUT2D eigenvalue weighted by Gasteiger charge is -2.17. The SMILES string of the molecule is COc1c(Cl)ccc(O)c1-c1c(O)ccc(Cl)c1OC. The fraction of sp³-hybridized carbons (Fsp3) is 0.143. The molecule has 106 valence electrons. The van der Waals surface area contributed by atoms with Gasteiger partial charge >= 0.3 is 0 Å². The second kappa shape index (κ2) is 5.69. The molecule has 2 rings (SSSR count). The number of phenols is 2. The van der Waals surface area contributed by atoms with Gasteiger partial charge in [-0.2, -0.15) is 0 Å². The molecule has 4 nitrogen and oxygen atoms in total. The van der Waals surface area contributed by atoms with Crippen LogP contribution >= 0.6 is 23.2 Å². The number of rotatable bonds is 3. The second-order valence-corrected chi connectivity index (χ2v) is 4.76. The Bertz CT molecular complexity index is 599. The maximum atomic E-state index is 10.1. The number of aromatic hydroxyl groups is 2. The van der Waals surface area contributed by atoms with Crippen molar-refractivity contribution in [2.24, 2.45) is 0 Å². The highest BCUT2D eigenvalue weighted by atomic mass is 35.5. The van der Waals surface area contributed by atoms with E-state index >= 15 is 0 Å². The molecule has 20 heavy (non-hydrogen) atoms. The maximum Gasteiger partial charge on any atom is 0.149 e. The predicted octanol–water partition coefficient (Wildman–Crippen LogP) is 4.09. The highest BCUT2D eigenvalue weighted by molar-refractivity contribution is 6.33. The molecule has 6 heteroatoms. The molecule has 0 aliphatic carbocycles. The van der Waals surface area contributed by atoms with Crippen LogP contribution in [-0.2, 0) is 0 Å². The van der Waals surface area contributed by atoms with Crippen LogP contribution in [0, 0.1) is 0 Å². The van der Waals surface area contributed by atoms with Gasteiger partial charge in [0.1, 0.15) is 23.0 Å². The topological polar surface area (TPSA) is 58.9 Å². The molecule has 0 spiro atoms. The van der Waals surface area contributed by atoms with Crippen molar-refractivity contribution >= 4 is 23.2 Å². The van der Waals surface area contributed by atoms with E-state index in [2.05, 4.69) is 0 Å². The largest absolute Gasteiger partial charge is 0.507 e. The number of hydrogen-bond acceptors (Lipinski definition) is 4. The summed E-state index contributed by atoms with van der Waals surface area (Å²) >= 11 is 12.1. The van der Waals surface area contributed by atoms with Crippen LogP contribution in [0.5, 0.6) is 23.0 Å². The van der Waals surface area contributed by atoms with Crippen LogP contribution in [-0.4, -0.2) is 24.4 Å². The molecule has 2 aromatic rings. The van der Waals surface area contributed by atoms with E-state index in [1.807, 2.05) is 0 Å². The van der Waals surface area contributed by atoms with Gasteiger partial charge in [0.25, 0.3) is 0 Å². The Kier molecular flexibility index (Phi) is 4.16. The summed E-state index contributed by atoms with van der Waals surface area (Å²) in [5.74, 6) is 0.231. The van der Waals surface area contributed by atoms with Gasteiger partial charge in [0.05, 0.1) is 35.4 Å². The average molecular weight is 315 g/mol. The molecule has 0 radical (unpaired) electrons. The van der Waals surface area contributed by atoms with Gasteiger partial charge in [0, 0.05) is 0 Å². The number of halogens is 2. The summed E-state index contributed by atoms with van der Waals surface area (Å²) in [6, 6.07) is 5.79. The standard InChI is InChI=1S/C14H12Cl2O4/c1-19-13-7(15)3-5-9(17)11(13)12-10(18)6-4-8(16)14(12)20-2/h3-6,17-18H,1-2H3. The Morgan fingerprint density at radius 2 is 1.10 bits per heavy atom. The summed E-state index contributed by atoms with van der Waals surface area (Å²) in [6.45, 7) is 0. The lowest BCUT2D eigenvalue weighted by Crippen LogP contribution is -1.94.